The van der Waals surface area contributed by atoms with Gasteiger partial charge in [-0.25, -0.2) is 0 Å². The monoisotopic (exact) mass is 453 g/mol. The summed E-state index contributed by atoms with van der Waals surface area (Å²) in [5.74, 6) is -0.301. The van der Waals surface area contributed by atoms with Gasteiger partial charge in [-0.15, -0.1) is 15.3 Å². The largest absolute Gasteiger partial charge is 0.455 e. The minimum Gasteiger partial charge on any atom is -0.455 e. The normalized spacial score (nSPS) is 15.6. The SMILES string of the molecule is CC(C)Cc1noc(COC(=O)C2CCN(c3ccc4nnc(C(F)(F)F)n4n3)CC2)n1. The zero-order valence-corrected chi connectivity index (χ0v) is 17.5. The molecule has 4 rings (SSSR count). The first kappa shape index (κ1) is 22.0. The van der Waals surface area contributed by atoms with Crippen LogP contribution in [0.4, 0.5) is 19.0 Å². The fourth-order valence-corrected chi connectivity index (χ4v) is 3.52. The van der Waals surface area contributed by atoms with Crippen LogP contribution in [0.1, 0.15) is 44.2 Å². The third kappa shape index (κ3) is 4.81. The van der Waals surface area contributed by atoms with Crippen molar-refractivity contribution in [3.63, 3.8) is 0 Å². The van der Waals surface area contributed by atoms with Crippen LogP contribution in [0.5, 0.6) is 0 Å². The average Bonchev–Trinajstić information content (AvgIpc) is 3.37. The lowest BCUT2D eigenvalue weighted by molar-refractivity contribution is -0.151. The number of piperidine rings is 1. The third-order valence-electron chi connectivity index (χ3n) is 5.09. The van der Waals surface area contributed by atoms with E-state index in [0.717, 1.165) is 0 Å². The summed E-state index contributed by atoms with van der Waals surface area (Å²) in [5.41, 5.74) is 0.0112. The van der Waals surface area contributed by atoms with Crippen molar-refractivity contribution in [2.45, 2.75) is 45.9 Å². The molecule has 0 radical (unpaired) electrons. The predicted octanol–water partition coefficient (Wildman–Crippen LogP) is 2.68. The van der Waals surface area contributed by atoms with Crippen LogP contribution >= 0.6 is 0 Å². The molecule has 0 aliphatic carbocycles. The van der Waals surface area contributed by atoms with Gasteiger partial charge in [-0.2, -0.15) is 22.7 Å². The molecule has 0 saturated carbocycles. The van der Waals surface area contributed by atoms with E-state index in [9.17, 15) is 18.0 Å². The van der Waals surface area contributed by atoms with Crippen LogP contribution in [0.2, 0.25) is 0 Å². The summed E-state index contributed by atoms with van der Waals surface area (Å²) >= 11 is 0. The highest BCUT2D eigenvalue weighted by atomic mass is 19.4. The summed E-state index contributed by atoms with van der Waals surface area (Å²) in [7, 11) is 0. The van der Waals surface area contributed by atoms with E-state index in [0.29, 0.717) is 54.4 Å². The molecular formula is C19H22F3N7O3. The van der Waals surface area contributed by atoms with E-state index >= 15 is 0 Å². The summed E-state index contributed by atoms with van der Waals surface area (Å²) < 4.78 is 50.3. The van der Waals surface area contributed by atoms with E-state index in [1.54, 1.807) is 6.07 Å². The van der Waals surface area contributed by atoms with Crippen LogP contribution in [0.15, 0.2) is 16.7 Å². The van der Waals surface area contributed by atoms with Gasteiger partial charge in [0, 0.05) is 19.5 Å². The Bertz CT molecular complexity index is 1090. The van der Waals surface area contributed by atoms with Gasteiger partial charge in [-0.1, -0.05) is 19.0 Å². The molecule has 0 spiro atoms. The molecule has 0 atom stereocenters. The van der Waals surface area contributed by atoms with Crippen LogP contribution in [-0.4, -0.2) is 49.0 Å². The number of ether oxygens (including phenoxy) is 1. The molecule has 172 valence electrons. The quantitative estimate of drug-likeness (QED) is 0.520. The predicted molar refractivity (Wildman–Crippen MR) is 103 cm³/mol. The van der Waals surface area contributed by atoms with Gasteiger partial charge in [0.1, 0.15) is 5.82 Å². The van der Waals surface area contributed by atoms with E-state index in [-0.39, 0.29) is 30.0 Å². The first-order chi connectivity index (χ1) is 15.2. The fraction of sp³-hybridized carbons (Fsp3) is 0.579. The number of halogens is 3. The number of alkyl halides is 3. The highest BCUT2D eigenvalue weighted by Crippen LogP contribution is 2.29. The van der Waals surface area contributed by atoms with Crippen molar-refractivity contribution in [2.24, 2.45) is 11.8 Å². The topological polar surface area (TPSA) is 112 Å². The second kappa shape index (κ2) is 8.71. The number of carbonyl (C=O) groups excluding carboxylic acids is 1. The minimum absolute atomic E-state index is 0.0112. The van der Waals surface area contributed by atoms with Gasteiger partial charge in [-0.3, -0.25) is 4.79 Å². The van der Waals surface area contributed by atoms with Crippen molar-refractivity contribution in [2.75, 3.05) is 18.0 Å². The molecule has 10 nitrogen and oxygen atoms in total. The van der Waals surface area contributed by atoms with Gasteiger partial charge in [0.15, 0.2) is 18.1 Å². The Hall–Kier alpha value is -3.25. The van der Waals surface area contributed by atoms with Crippen LogP contribution in [0.3, 0.4) is 0 Å². The molecule has 1 aliphatic rings. The number of rotatable bonds is 6. The maximum Gasteiger partial charge on any atom is 0.453 e. The Morgan fingerprint density at radius 3 is 2.69 bits per heavy atom. The molecular weight excluding hydrogens is 431 g/mol. The Morgan fingerprint density at radius 2 is 2.00 bits per heavy atom. The fourth-order valence-electron chi connectivity index (χ4n) is 3.52. The first-order valence-corrected chi connectivity index (χ1v) is 10.2. The molecule has 0 amide bonds. The second-order valence-corrected chi connectivity index (χ2v) is 8.05. The van der Waals surface area contributed by atoms with Crippen molar-refractivity contribution < 1.29 is 27.2 Å². The molecule has 0 bridgehead atoms. The molecule has 4 heterocycles. The van der Waals surface area contributed by atoms with Gasteiger partial charge < -0.3 is 14.2 Å². The number of fused-ring (bicyclic) bond motifs is 1. The van der Waals surface area contributed by atoms with Crippen molar-refractivity contribution >= 4 is 17.4 Å². The van der Waals surface area contributed by atoms with Gasteiger partial charge >= 0.3 is 12.1 Å². The summed E-state index contributed by atoms with van der Waals surface area (Å²) in [5, 5.41) is 14.6. The van der Waals surface area contributed by atoms with Crippen molar-refractivity contribution in [3.8, 4) is 0 Å². The zero-order valence-electron chi connectivity index (χ0n) is 17.5. The molecule has 3 aromatic heterocycles. The average molecular weight is 453 g/mol. The summed E-state index contributed by atoms with van der Waals surface area (Å²) in [4.78, 5) is 18.4. The molecule has 1 aliphatic heterocycles. The van der Waals surface area contributed by atoms with Gasteiger partial charge in [0.25, 0.3) is 11.7 Å². The maximum atomic E-state index is 13.1. The van der Waals surface area contributed by atoms with Crippen LogP contribution in [-0.2, 0) is 28.7 Å². The van der Waals surface area contributed by atoms with Crippen LogP contribution in [0.25, 0.3) is 5.65 Å². The van der Waals surface area contributed by atoms with E-state index in [1.165, 1.54) is 6.07 Å². The minimum atomic E-state index is -4.66. The number of carbonyl (C=O) groups is 1. The Labute approximate surface area is 180 Å². The van der Waals surface area contributed by atoms with Gasteiger partial charge in [0.05, 0.1) is 5.92 Å². The molecule has 13 heteroatoms. The summed E-state index contributed by atoms with van der Waals surface area (Å²) in [6.07, 6.45) is -3.02. The van der Waals surface area contributed by atoms with Gasteiger partial charge in [0.2, 0.25) is 0 Å². The van der Waals surface area contributed by atoms with Gasteiger partial charge in [-0.05, 0) is 30.9 Å². The lowest BCUT2D eigenvalue weighted by Crippen LogP contribution is -2.37. The molecule has 0 aromatic carbocycles. The van der Waals surface area contributed by atoms with Crippen LogP contribution in [0, 0.1) is 11.8 Å². The summed E-state index contributed by atoms with van der Waals surface area (Å²) in [6, 6.07) is 3.02. The number of nitrogens with zero attached hydrogens (tertiary/aromatic N) is 7. The molecule has 1 saturated heterocycles. The molecule has 1 fully saturated rings. The molecule has 0 unspecified atom stereocenters. The van der Waals surface area contributed by atoms with Crippen molar-refractivity contribution in [1.29, 1.82) is 0 Å². The lowest BCUT2D eigenvalue weighted by atomic mass is 9.97. The highest BCUT2D eigenvalue weighted by Gasteiger charge is 2.38. The molecule has 3 aromatic rings. The third-order valence-corrected chi connectivity index (χ3v) is 5.09. The van der Waals surface area contributed by atoms with E-state index in [4.69, 9.17) is 9.26 Å². The number of hydrogen-bond donors (Lipinski definition) is 0. The molecule has 32 heavy (non-hydrogen) atoms. The van der Waals surface area contributed by atoms with Crippen molar-refractivity contribution in [1.82, 2.24) is 30.0 Å². The van der Waals surface area contributed by atoms with Crippen LogP contribution < -0.4 is 4.90 Å². The summed E-state index contributed by atoms with van der Waals surface area (Å²) in [6.45, 7) is 4.88. The van der Waals surface area contributed by atoms with E-state index in [1.807, 2.05) is 18.7 Å². The highest BCUT2D eigenvalue weighted by molar-refractivity contribution is 5.72. The van der Waals surface area contributed by atoms with Crippen molar-refractivity contribution in [3.05, 3.63) is 29.7 Å². The lowest BCUT2D eigenvalue weighted by Gasteiger charge is -2.31. The Balaban J connectivity index is 1.33. The maximum absolute atomic E-state index is 13.1. The zero-order chi connectivity index (χ0) is 22.9. The smallest absolute Gasteiger partial charge is 0.453 e. The number of aromatic nitrogens is 6. The standard InChI is InChI=1S/C19H22F3N7O3/c1-11(2)9-13-23-16(32-27-13)10-31-17(30)12-5-7-28(8-6-12)15-4-3-14-24-25-18(19(20,21)22)29(14)26-15/h3-4,11-12H,5-10H2,1-2H3. The number of esters is 1. The Morgan fingerprint density at radius 1 is 1.25 bits per heavy atom. The second-order valence-electron chi connectivity index (χ2n) is 8.05. The Kier molecular flexibility index (Phi) is 5.98. The first-order valence-electron chi connectivity index (χ1n) is 10.2. The van der Waals surface area contributed by atoms with E-state index < -0.39 is 12.0 Å². The number of hydrogen-bond acceptors (Lipinski definition) is 9. The van der Waals surface area contributed by atoms with E-state index in [2.05, 4.69) is 25.4 Å². The molecule has 0 N–H and O–H groups in total. The number of anilines is 1.